The fourth-order valence-corrected chi connectivity index (χ4v) is 4.24. The highest BCUT2D eigenvalue weighted by atomic mass is 35.5. The molecule has 1 aliphatic heterocycles. The second-order valence-electron chi connectivity index (χ2n) is 8.49. The van der Waals surface area contributed by atoms with Crippen LogP contribution in [0.25, 0.3) is 0 Å². The number of carbonyl (C=O) groups is 3. The molecule has 190 valence electrons. The summed E-state index contributed by atoms with van der Waals surface area (Å²) >= 11 is 12.0. The first kappa shape index (κ1) is 26.2. The summed E-state index contributed by atoms with van der Waals surface area (Å²) in [4.78, 5) is 40.3. The van der Waals surface area contributed by atoms with Gasteiger partial charge >= 0.3 is 12.1 Å². The number of hydrazone groups is 1. The van der Waals surface area contributed by atoms with Gasteiger partial charge in [-0.1, -0.05) is 53.5 Å². The zero-order chi connectivity index (χ0) is 26.6. The minimum Gasteiger partial charge on any atom is -0.468 e. The van der Waals surface area contributed by atoms with Crippen molar-refractivity contribution in [3.05, 3.63) is 94.5 Å². The molecule has 8 nitrogen and oxygen atoms in total. The molecule has 1 heterocycles. The van der Waals surface area contributed by atoms with Crippen LogP contribution in [0.1, 0.15) is 12.5 Å². The van der Waals surface area contributed by atoms with Gasteiger partial charge in [0.2, 0.25) is 0 Å². The molecule has 0 bridgehead atoms. The SMILES string of the molecule is COC(=O)C1(C)CN(CC(=O)N(C(=O)Oc2ccccc2)c2ccc(Cl)cc2)N=C1c1ccc(Cl)cc1. The first-order valence-corrected chi connectivity index (χ1v) is 12.0. The van der Waals surface area contributed by atoms with E-state index in [0.717, 1.165) is 4.90 Å². The Morgan fingerprint density at radius 3 is 2.14 bits per heavy atom. The predicted octanol–water partition coefficient (Wildman–Crippen LogP) is 5.42. The van der Waals surface area contributed by atoms with Gasteiger partial charge in [-0.15, -0.1) is 0 Å². The Labute approximate surface area is 224 Å². The van der Waals surface area contributed by atoms with Crippen LogP contribution in [-0.2, 0) is 14.3 Å². The number of imide groups is 1. The van der Waals surface area contributed by atoms with Crippen LogP contribution in [0, 0.1) is 5.41 Å². The second kappa shape index (κ2) is 11.0. The first-order chi connectivity index (χ1) is 17.7. The van der Waals surface area contributed by atoms with Crippen LogP contribution in [0.4, 0.5) is 10.5 Å². The van der Waals surface area contributed by atoms with Gasteiger partial charge in [0.25, 0.3) is 5.91 Å². The standard InChI is InChI=1S/C27H23Cl2N3O5/c1-27(25(34)36-2)17-31(30-24(27)18-8-10-19(28)11-9-18)16-23(33)32(21-14-12-20(29)13-15-21)26(35)37-22-6-4-3-5-7-22/h3-15H,16-17H2,1-2H3. The van der Waals surface area contributed by atoms with Gasteiger partial charge in [-0.25, -0.2) is 9.69 Å². The van der Waals surface area contributed by atoms with Gasteiger partial charge in [0.1, 0.15) is 17.7 Å². The van der Waals surface area contributed by atoms with E-state index in [2.05, 4.69) is 5.10 Å². The highest BCUT2D eigenvalue weighted by Gasteiger charge is 2.47. The zero-order valence-electron chi connectivity index (χ0n) is 20.1. The minimum absolute atomic E-state index is 0.0611. The predicted molar refractivity (Wildman–Crippen MR) is 141 cm³/mol. The van der Waals surface area contributed by atoms with Crippen LogP contribution >= 0.6 is 23.2 Å². The largest absolute Gasteiger partial charge is 0.468 e. The van der Waals surface area contributed by atoms with Crippen LogP contribution in [-0.4, -0.2) is 48.9 Å². The Morgan fingerprint density at radius 1 is 0.946 bits per heavy atom. The normalized spacial score (nSPS) is 16.6. The van der Waals surface area contributed by atoms with Gasteiger partial charge < -0.3 is 9.47 Å². The Morgan fingerprint density at radius 2 is 1.54 bits per heavy atom. The molecule has 2 amide bonds. The first-order valence-electron chi connectivity index (χ1n) is 11.2. The summed E-state index contributed by atoms with van der Waals surface area (Å²) in [5.74, 6) is -0.840. The lowest BCUT2D eigenvalue weighted by atomic mass is 9.82. The lowest BCUT2D eigenvalue weighted by molar-refractivity contribution is -0.148. The number of para-hydroxylation sites is 1. The van der Waals surface area contributed by atoms with E-state index >= 15 is 0 Å². The number of methoxy groups -OCH3 is 1. The van der Waals surface area contributed by atoms with Gasteiger partial charge in [-0.3, -0.25) is 14.6 Å². The van der Waals surface area contributed by atoms with Crippen molar-refractivity contribution in [3.8, 4) is 5.75 Å². The third-order valence-electron chi connectivity index (χ3n) is 5.80. The number of hydrogen-bond acceptors (Lipinski definition) is 7. The van der Waals surface area contributed by atoms with Gasteiger partial charge in [-0.2, -0.15) is 5.10 Å². The number of esters is 1. The number of halogens is 2. The van der Waals surface area contributed by atoms with E-state index in [4.69, 9.17) is 32.7 Å². The molecule has 0 N–H and O–H groups in total. The van der Waals surface area contributed by atoms with Crippen LogP contribution in [0.2, 0.25) is 10.0 Å². The number of carbonyl (C=O) groups excluding carboxylic acids is 3. The molecule has 3 aromatic rings. The molecule has 0 spiro atoms. The van der Waals surface area contributed by atoms with Crippen molar-refractivity contribution in [2.45, 2.75) is 6.92 Å². The number of amides is 2. The molecule has 0 aliphatic carbocycles. The Balaban J connectivity index is 1.63. The summed E-state index contributed by atoms with van der Waals surface area (Å²) in [6.07, 6.45) is -0.893. The fraction of sp³-hybridized carbons (Fsp3) is 0.185. The Hall–Kier alpha value is -3.88. The Kier molecular flexibility index (Phi) is 7.80. The van der Waals surface area contributed by atoms with Crippen molar-refractivity contribution in [1.82, 2.24) is 5.01 Å². The third kappa shape index (κ3) is 5.76. The van der Waals surface area contributed by atoms with Gasteiger partial charge in [0.15, 0.2) is 0 Å². The molecule has 1 unspecified atom stereocenters. The average Bonchev–Trinajstić information content (AvgIpc) is 3.22. The maximum atomic E-state index is 13.5. The maximum absolute atomic E-state index is 13.5. The van der Waals surface area contributed by atoms with Crippen LogP contribution in [0.3, 0.4) is 0 Å². The van der Waals surface area contributed by atoms with Crippen molar-refractivity contribution in [2.24, 2.45) is 10.5 Å². The fourth-order valence-electron chi connectivity index (χ4n) is 3.99. The van der Waals surface area contributed by atoms with Gasteiger partial charge in [0.05, 0.1) is 25.1 Å². The number of hydrogen-bond donors (Lipinski definition) is 0. The van der Waals surface area contributed by atoms with Gasteiger partial charge in [-0.05, 0) is 61.0 Å². The molecule has 0 radical (unpaired) electrons. The van der Waals surface area contributed by atoms with Crippen molar-refractivity contribution in [2.75, 3.05) is 25.1 Å². The number of ether oxygens (including phenoxy) is 2. The molecule has 3 aromatic carbocycles. The number of nitrogens with zero attached hydrogens (tertiary/aromatic N) is 3. The van der Waals surface area contributed by atoms with Crippen LogP contribution < -0.4 is 9.64 Å². The van der Waals surface area contributed by atoms with Crippen molar-refractivity contribution >= 4 is 52.6 Å². The highest BCUT2D eigenvalue weighted by molar-refractivity contribution is 6.31. The summed E-state index contributed by atoms with van der Waals surface area (Å²) in [6.45, 7) is 1.44. The average molecular weight is 540 g/mol. The van der Waals surface area contributed by atoms with E-state index in [9.17, 15) is 14.4 Å². The molecule has 37 heavy (non-hydrogen) atoms. The molecule has 1 aliphatic rings. The van der Waals surface area contributed by atoms with E-state index in [1.54, 1.807) is 73.7 Å². The van der Waals surface area contributed by atoms with E-state index < -0.39 is 23.4 Å². The molecule has 1 atom stereocenters. The van der Waals surface area contributed by atoms with Crippen molar-refractivity contribution in [1.29, 1.82) is 0 Å². The van der Waals surface area contributed by atoms with Crippen molar-refractivity contribution in [3.63, 3.8) is 0 Å². The molecule has 0 saturated heterocycles. The summed E-state index contributed by atoms with van der Waals surface area (Å²) in [7, 11) is 1.29. The van der Waals surface area contributed by atoms with Crippen molar-refractivity contribution < 1.29 is 23.9 Å². The van der Waals surface area contributed by atoms with E-state index in [0.29, 0.717) is 21.3 Å². The Bertz CT molecular complexity index is 1330. The monoisotopic (exact) mass is 539 g/mol. The minimum atomic E-state index is -1.15. The lowest BCUT2D eigenvalue weighted by Gasteiger charge is -2.25. The van der Waals surface area contributed by atoms with Crippen LogP contribution in [0.15, 0.2) is 84.0 Å². The molecule has 0 aromatic heterocycles. The van der Waals surface area contributed by atoms with E-state index in [1.165, 1.54) is 24.3 Å². The summed E-state index contributed by atoms with van der Waals surface area (Å²) in [6, 6.07) is 21.5. The third-order valence-corrected chi connectivity index (χ3v) is 6.30. The number of rotatable bonds is 6. The molecule has 0 saturated carbocycles. The zero-order valence-corrected chi connectivity index (χ0v) is 21.6. The highest BCUT2D eigenvalue weighted by Crippen LogP contribution is 2.33. The summed E-state index contributed by atoms with van der Waals surface area (Å²) < 4.78 is 10.5. The quantitative estimate of drug-likeness (QED) is 0.388. The summed E-state index contributed by atoms with van der Waals surface area (Å²) in [5, 5.41) is 6.98. The topological polar surface area (TPSA) is 88.5 Å². The maximum Gasteiger partial charge on any atom is 0.426 e. The molecular weight excluding hydrogens is 517 g/mol. The molecule has 0 fully saturated rings. The second-order valence-corrected chi connectivity index (χ2v) is 9.36. The van der Waals surface area contributed by atoms with E-state index in [-0.39, 0.29) is 24.5 Å². The summed E-state index contributed by atoms with van der Waals surface area (Å²) in [5.41, 5.74) is 0.199. The molecular formula is C27H23Cl2N3O5. The molecule has 10 heteroatoms. The smallest absolute Gasteiger partial charge is 0.426 e. The number of benzene rings is 3. The van der Waals surface area contributed by atoms with E-state index in [1.807, 2.05) is 0 Å². The molecule has 4 rings (SSSR count). The number of anilines is 1. The van der Waals surface area contributed by atoms with Crippen LogP contribution in [0.5, 0.6) is 5.75 Å². The lowest BCUT2D eigenvalue weighted by Crippen LogP contribution is -2.45. The van der Waals surface area contributed by atoms with Gasteiger partial charge in [0, 0.05) is 10.0 Å².